The van der Waals surface area contributed by atoms with Crippen molar-refractivity contribution in [3.8, 4) is 28.7 Å². The van der Waals surface area contributed by atoms with Gasteiger partial charge in [0.1, 0.15) is 17.2 Å². The van der Waals surface area contributed by atoms with E-state index in [1.807, 2.05) is 41.3 Å². The number of phenols is 1. The lowest BCUT2D eigenvalue weighted by atomic mass is 9.86. The fraction of sp³-hybridized carbons (Fsp3) is 0.314. The van der Waals surface area contributed by atoms with Crippen LogP contribution in [0.1, 0.15) is 73.2 Å². The molecule has 8 rings (SSSR count). The molecule has 226 valence electrons. The normalized spacial score (nSPS) is 17.8. The number of aromatic hydroxyl groups is 1. The van der Waals surface area contributed by atoms with Crippen LogP contribution in [0.2, 0.25) is 0 Å². The van der Waals surface area contributed by atoms with E-state index in [1.165, 1.54) is 22.9 Å². The Morgan fingerprint density at radius 3 is 2.75 bits per heavy atom. The number of nitrogens with one attached hydrogen (secondary N) is 1. The summed E-state index contributed by atoms with van der Waals surface area (Å²) in [6, 6.07) is 16.1. The number of nitrogens with zero attached hydrogens (tertiary/aromatic N) is 1. The lowest BCUT2D eigenvalue weighted by Gasteiger charge is -2.38. The lowest BCUT2D eigenvalue weighted by Crippen LogP contribution is -2.41. The third-order valence-electron chi connectivity index (χ3n) is 8.71. The highest BCUT2D eigenvalue weighted by Crippen LogP contribution is 2.42. The minimum absolute atomic E-state index is 0.0631. The van der Waals surface area contributed by atoms with E-state index in [0.29, 0.717) is 55.5 Å². The van der Waals surface area contributed by atoms with E-state index in [1.54, 1.807) is 30.6 Å². The maximum Gasteiger partial charge on any atom is 0.255 e. The van der Waals surface area contributed by atoms with Crippen molar-refractivity contribution in [3.63, 3.8) is 0 Å². The van der Waals surface area contributed by atoms with Crippen LogP contribution in [0.15, 0.2) is 60.0 Å². The molecule has 3 aliphatic heterocycles. The molecule has 8 nitrogen and oxygen atoms in total. The minimum Gasteiger partial charge on any atom is -0.507 e. The summed E-state index contributed by atoms with van der Waals surface area (Å²) in [5, 5.41) is 15.3. The van der Waals surface area contributed by atoms with Gasteiger partial charge in [-0.1, -0.05) is 12.1 Å². The summed E-state index contributed by atoms with van der Waals surface area (Å²) in [5.74, 6) is 1.79. The van der Waals surface area contributed by atoms with Crippen LogP contribution in [0.25, 0.3) is 0 Å². The zero-order chi connectivity index (χ0) is 30.2. The molecule has 2 amide bonds. The Labute approximate surface area is 260 Å². The summed E-state index contributed by atoms with van der Waals surface area (Å²) in [7, 11) is 1.61. The lowest BCUT2D eigenvalue weighted by molar-refractivity contribution is 0.0693. The van der Waals surface area contributed by atoms with E-state index >= 15 is 0 Å². The van der Waals surface area contributed by atoms with Gasteiger partial charge in [0.25, 0.3) is 11.8 Å². The second-order valence-corrected chi connectivity index (χ2v) is 12.4. The molecule has 0 saturated heterocycles. The maximum atomic E-state index is 14.3. The van der Waals surface area contributed by atoms with Crippen molar-refractivity contribution in [2.24, 2.45) is 0 Å². The number of ether oxygens (including phenoxy) is 3. The summed E-state index contributed by atoms with van der Waals surface area (Å²) in [6.45, 7) is 1.24. The number of amides is 2. The molecule has 4 heterocycles. The first-order chi connectivity index (χ1) is 21.5. The highest BCUT2D eigenvalue weighted by atomic mass is 32.1. The van der Waals surface area contributed by atoms with E-state index in [9.17, 15) is 14.7 Å². The third kappa shape index (κ3) is 5.26. The van der Waals surface area contributed by atoms with Crippen LogP contribution < -0.4 is 19.5 Å². The molecule has 2 N–H and O–H groups in total. The van der Waals surface area contributed by atoms with Crippen molar-refractivity contribution in [1.82, 2.24) is 10.2 Å². The standard InChI is InChI=1S/C35H34N2O6S/c1-41-30-12-7-22-18-31(30)42-16-4-14-36-34(39)27-19-24(9-11-29(27)38)43-23-8-10-25-21(17-23)13-15-37(33(22)25)35(40)28-20-44-32-6-3-2-5-26(28)32/h7-12,17-20,33,38H,2-6,13-16H2,1H3,(H,36,39). The van der Waals surface area contributed by atoms with Gasteiger partial charge in [-0.3, -0.25) is 9.59 Å². The fourth-order valence-electron chi connectivity index (χ4n) is 6.50. The van der Waals surface area contributed by atoms with E-state index in [4.69, 9.17) is 14.2 Å². The van der Waals surface area contributed by atoms with Gasteiger partial charge in [0.05, 0.1) is 30.9 Å². The summed E-state index contributed by atoms with van der Waals surface area (Å²) in [4.78, 5) is 30.5. The predicted molar refractivity (Wildman–Crippen MR) is 168 cm³/mol. The van der Waals surface area contributed by atoms with Crippen molar-refractivity contribution < 1.29 is 28.9 Å². The van der Waals surface area contributed by atoms with Gasteiger partial charge in [0.2, 0.25) is 0 Å². The van der Waals surface area contributed by atoms with Crippen LogP contribution in [0.5, 0.6) is 28.7 Å². The van der Waals surface area contributed by atoms with E-state index in [2.05, 4.69) is 10.7 Å². The third-order valence-corrected chi connectivity index (χ3v) is 9.80. The topological polar surface area (TPSA) is 97.3 Å². The highest BCUT2D eigenvalue weighted by molar-refractivity contribution is 7.10. The molecular weight excluding hydrogens is 576 g/mol. The molecule has 44 heavy (non-hydrogen) atoms. The Balaban J connectivity index is 1.32. The number of carbonyl (C=O) groups is 2. The molecule has 3 aromatic carbocycles. The summed E-state index contributed by atoms with van der Waals surface area (Å²) in [5.41, 5.74) is 5.25. The van der Waals surface area contributed by atoms with Gasteiger partial charge in [0, 0.05) is 23.3 Å². The van der Waals surface area contributed by atoms with Crippen LogP contribution in [0, 0.1) is 0 Å². The first-order valence-electron chi connectivity index (χ1n) is 15.1. The Kier molecular flexibility index (Phi) is 7.64. The Hall–Kier alpha value is -4.50. The molecule has 4 aliphatic rings. The molecule has 9 heteroatoms. The quantitative estimate of drug-likeness (QED) is 0.271. The zero-order valence-corrected chi connectivity index (χ0v) is 25.4. The average Bonchev–Trinajstić information content (AvgIpc) is 3.48. The van der Waals surface area contributed by atoms with Crippen LogP contribution in [-0.2, 0) is 19.3 Å². The number of thiophene rings is 1. The van der Waals surface area contributed by atoms with Crippen LogP contribution >= 0.6 is 11.3 Å². The van der Waals surface area contributed by atoms with Crippen molar-refractivity contribution in [2.45, 2.75) is 44.6 Å². The zero-order valence-electron chi connectivity index (χ0n) is 24.6. The Morgan fingerprint density at radius 2 is 1.86 bits per heavy atom. The van der Waals surface area contributed by atoms with Crippen LogP contribution in [0.3, 0.4) is 0 Å². The molecule has 0 saturated carbocycles. The highest BCUT2D eigenvalue weighted by Gasteiger charge is 2.35. The van der Waals surface area contributed by atoms with E-state index < -0.39 is 5.91 Å². The summed E-state index contributed by atoms with van der Waals surface area (Å²) in [6.07, 6.45) is 5.51. The van der Waals surface area contributed by atoms with Crippen molar-refractivity contribution >= 4 is 23.2 Å². The van der Waals surface area contributed by atoms with Crippen LogP contribution in [0.4, 0.5) is 0 Å². The number of rotatable bonds is 2. The van der Waals surface area contributed by atoms with Crippen molar-refractivity contribution in [2.75, 3.05) is 26.8 Å². The number of phenolic OH excluding ortho intramolecular Hbond substituents is 1. The summed E-state index contributed by atoms with van der Waals surface area (Å²) >= 11 is 1.71. The number of aryl methyl sites for hydroxylation is 1. The van der Waals surface area contributed by atoms with Gasteiger partial charge in [0.15, 0.2) is 11.5 Å². The van der Waals surface area contributed by atoms with Gasteiger partial charge >= 0.3 is 0 Å². The molecule has 0 radical (unpaired) electrons. The van der Waals surface area contributed by atoms with Gasteiger partial charge in [-0.05, 0) is 103 Å². The SMILES string of the molecule is COc1ccc2cc1OCCCNC(=O)c1cc(ccc1O)Oc1ccc3c(c1)CCN(C(=O)c1csc4c1CCCC4)C23. The van der Waals surface area contributed by atoms with Crippen molar-refractivity contribution in [1.29, 1.82) is 0 Å². The maximum absolute atomic E-state index is 14.3. The molecule has 0 fully saturated rings. The predicted octanol–water partition coefficient (Wildman–Crippen LogP) is 6.43. The van der Waals surface area contributed by atoms with E-state index in [0.717, 1.165) is 41.5 Å². The number of methoxy groups -OCH3 is 1. The number of hydrogen-bond donors (Lipinski definition) is 2. The number of carbonyl (C=O) groups excluding carboxylic acids is 2. The minimum atomic E-state index is -0.390. The molecule has 1 aliphatic carbocycles. The molecule has 1 atom stereocenters. The second-order valence-electron chi connectivity index (χ2n) is 11.4. The molecule has 0 spiro atoms. The smallest absolute Gasteiger partial charge is 0.255 e. The first-order valence-corrected chi connectivity index (χ1v) is 16.0. The largest absolute Gasteiger partial charge is 0.507 e. The van der Waals surface area contributed by atoms with Gasteiger partial charge in [-0.2, -0.15) is 0 Å². The number of benzene rings is 3. The average molecular weight is 611 g/mol. The molecule has 8 bridgehead atoms. The molecule has 1 aromatic heterocycles. The Morgan fingerprint density at radius 1 is 1.02 bits per heavy atom. The Bertz CT molecular complexity index is 1750. The van der Waals surface area contributed by atoms with Gasteiger partial charge in [-0.15, -0.1) is 11.3 Å². The van der Waals surface area contributed by atoms with Crippen molar-refractivity contribution in [3.05, 3.63) is 98.2 Å². The molecule has 1 unspecified atom stereocenters. The molecular formula is C35H34N2O6S. The fourth-order valence-corrected chi connectivity index (χ4v) is 7.62. The van der Waals surface area contributed by atoms with Crippen LogP contribution in [-0.4, -0.2) is 48.6 Å². The number of fused-ring (bicyclic) bond motifs is 7. The molecule has 4 aromatic rings. The van der Waals surface area contributed by atoms with Gasteiger partial charge < -0.3 is 29.5 Å². The first kappa shape index (κ1) is 28.3. The van der Waals surface area contributed by atoms with E-state index in [-0.39, 0.29) is 23.3 Å². The monoisotopic (exact) mass is 610 g/mol. The van der Waals surface area contributed by atoms with Gasteiger partial charge in [-0.25, -0.2) is 0 Å². The number of hydrogen-bond acceptors (Lipinski definition) is 7. The second kappa shape index (κ2) is 11.9. The summed E-state index contributed by atoms with van der Waals surface area (Å²) < 4.78 is 18.0.